The lowest BCUT2D eigenvalue weighted by Gasteiger charge is -2.43. The molecule has 27 heavy (non-hydrogen) atoms. The lowest BCUT2D eigenvalue weighted by atomic mass is 9.89. The van der Waals surface area contributed by atoms with Crippen LogP contribution in [0.15, 0.2) is 54.6 Å². The van der Waals surface area contributed by atoms with Crippen LogP contribution in [0, 0.1) is 0 Å². The Kier molecular flexibility index (Phi) is 5.94. The van der Waals surface area contributed by atoms with Crippen LogP contribution in [-0.2, 0) is 9.59 Å². The minimum Gasteiger partial charge on any atom is -0.309 e. The molecule has 1 aliphatic heterocycles. The Morgan fingerprint density at radius 3 is 2.41 bits per heavy atom. The SMILES string of the molecule is CCCCC(=O)N(c1ccccc1)[C@H]1C[C@H](C)N(C(C)=O)c2ccccc21. The van der Waals surface area contributed by atoms with E-state index in [1.807, 2.05) is 64.4 Å². The molecule has 0 aromatic heterocycles. The minimum atomic E-state index is -0.0708. The number of benzene rings is 2. The van der Waals surface area contributed by atoms with Gasteiger partial charge in [0.2, 0.25) is 11.8 Å². The molecule has 0 N–H and O–H groups in total. The van der Waals surface area contributed by atoms with Crippen LogP contribution in [0.25, 0.3) is 0 Å². The largest absolute Gasteiger partial charge is 0.309 e. The molecule has 1 heterocycles. The van der Waals surface area contributed by atoms with Gasteiger partial charge in [-0.05, 0) is 43.5 Å². The molecule has 0 bridgehead atoms. The zero-order valence-electron chi connectivity index (χ0n) is 16.4. The number of amides is 2. The van der Waals surface area contributed by atoms with Gasteiger partial charge in [0, 0.05) is 30.8 Å². The molecule has 4 heteroatoms. The van der Waals surface area contributed by atoms with Gasteiger partial charge < -0.3 is 9.80 Å². The van der Waals surface area contributed by atoms with Crippen LogP contribution in [0.2, 0.25) is 0 Å². The van der Waals surface area contributed by atoms with Crippen LogP contribution in [0.4, 0.5) is 11.4 Å². The second-order valence-electron chi connectivity index (χ2n) is 7.25. The Balaban J connectivity index is 2.07. The summed E-state index contributed by atoms with van der Waals surface area (Å²) >= 11 is 0. The average molecular weight is 364 g/mol. The Bertz CT molecular complexity index is 803. The van der Waals surface area contributed by atoms with Crippen molar-refractivity contribution >= 4 is 23.2 Å². The topological polar surface area (TPSA) is 40.6 Å². The van der Waals surface area contributed by atoms with Crippen molar-refractivity contribution in [3.05, 3.63) is 60.2 Å². The number of unbranched alkanes of at least 4 members (excludes halogenated alkanes) is 1. The zero-order chi connectivity index (χ0) is 19.4. The maximum Gasteiger partial charge on any atom is 0.227 e. The molecule has 4 nitrogen and oxygen atoms in total. The number of hydrogen-bond donors (Lipinski definition) is 0. The van der Waals surface area contributed by atoms with E-state index in [0.29, 0.717) is 6.42 Å². The summed E-state index contributed by atoms with van der Waals surface area (Å²) in [6.45, 7) is 5.77. The van der Waals surface area contributed by atoms with Gasteiger partial charge in [0.1, 0.15) is 0 Å². The number of rotatable bonds is 5. The summed E-state index contributed by atoms with van der Waals surface area (Å²) in [6, 6.07) is 17.8. The van der Waals surface area contributed by atoms with E-state index >= 15 is 0 Å². The summed E-state index contributed by atoms with van der Waals surface area (Å²) in [5.74, 6) is 0.184. The lowest BCUT2D eigenvalue weighted by molar-refractivity contribution is -0.119. The fourth-order valence-electron chi connectivity index (χ4n) is 4.04. The van der Waals surface area contributed by atoms with Gasteiger partial charge in [-0.25, -0.2) is 0 Å². The maximum atomic E-state index is 13.2. The Morgan fingerprint density at radius 1 is 1.07 bits per heavy atom. The highest BCUT2D eigenvalue weighted by molar-refractivity contribution is 5.97. The van der Waals surface area contributed by atoms with Gasteiger partial charge in [-0.15, -0.1) is 0 Å². The van der Waals surface area contributed by atoms with Crippen LogP contribution < -0.4 is 9.80 Å². The third kappa shape index (κ3) is 3.90. The van der Waals surface area contributed by atoms with Crippen LogP contribution in [0.5, 0.6) is 0 Å². The first-order valence-electron chi connectivity index (χ1n) is 9.80. The number of carbonyl (C=O) groups is 2. The van der Waals surface area contributed by atoms with E-state index in [9.17, 15) is 9.59 Å². The number of nitrogens with zero attached hydrogens (tertiary/aromatic N) is 2. The van der Waals surface area contributed by atoms with Crippen LogP contribution in [0.3, 0.4) is 0 Å². The predicted molar refractivity (Wildman–Crippen MR) is 110 cm³/mol. The molecular formula is C23H28N2O2. The van der Waals surface area contributed by atoms with Crippen molar-refractivity contribution in [3.8, 4) is 0 Å². The van der Waals surface area contributed by atoms with Crippen molar-refractivity contribution in [1.29, 1.82) is 0 Å². The van der Waals surface area contributed by atoms with Crippen molar-refractivity contribution in [2.45, 2.75) is 58.5 Å². The molecule has 2 amide bonds. The van der Waals surface area contributed by atoms with E-state index < -0.39 is 0 Å². The van der Waals surface area contributed by atoms with Crippen molar-refractivity contribution in [1.82, 2.24) is 0 Å². The van der Waals surface area contributed by atoms with E-state index in [4.69, 9.17) is 0 Å². The summed E-state index contributed by atoms with van der Waals surface area (Å²) in [4.78, 5) is 29.2. The number of fused-ring (bicyclic) bond motifs is 1. The molecule has 2 aromatic carbocycles. The van der Waals surface area contributed by atoms with Gasteiger partial charge in [0.05, 0.1) is 6.04 Å². The van der Waals surface area contributed by atoms with E-state index in [1.165, 1.54) is 0 Å². The zero-order valence-corrected chi connectivity index (χ0v) is 16.4. The molecule has 0 fully saturated rings. The van der Waals surface area contributed by atoms with Gasteiger partial charge in [-0.3, -0.25) is 9.59 Å². The highest BCUT2D eigenvalue weighted by Crippen LogP contribution is 2.42. The summed E-state index contributed by atoms with van der Waals surface area (Å²) in [7, 11) is 0. The first kappa shape index (κ1) is 19.2. The first-order chi connectivity index (χ1) is 13.0. The minimum absolute atomic E-state index is 0.0348. The summed E-state index contributed by atoms with van der Waals surface area (Å²) in [5.41, 5.74) is 2.87. The van der Waals surface area contributed by atoms with Gasteiger partial charge >= 0.3 is 0 Å². The van der Waals surface area contributed by atoms with Crippen LogP contribution >= 0.6 is 0 Å². The van der Waals surface area contributed by atoms with Crippen molar-refractivity contribution < 1.29 is 9.59 Å². The van der Waals surface area contributed by atoms with Gasteiger partial charge in [0.25, 0.3) is 0 Å². The smallest absolute Gasteiger partial charge is 0.227 e. The van der Waals surface area contributed by atoms with Crippen molar-refractivity contribution in [2.75, 3.05) is 9.80 Å². The monoisotopic (exact) mass is 364 g/mol. The summed E-state index contributed by atoms with van der Waals surface area (Å²) < 4.78 is 0. The van der Waals surface area contributed by atoms with E-state index in [-0.39, 0.29) is 23.9 Å². The quantitative estimate of drug-likeness (QED) is 0.741. The summed E-state index contributed by atoms with van der Waals surface area (Å²) in [6.07, 6.45) is 3.13. The molecule has 0 spiro atoms. The van der Waals surface area contributed by atoms with E-state index in [1.54, 1.807) is 6.92 Å². The molecule has 0 saturated carbocycles. The Labute approximate surface area is 161 Å². The average Bonchev–Trinajstić information content (AvgIpc) is 2.67. The molecule has 2 aromatic rings. The van der Waals surface area contributed by atoms with E-state index in [0.717, 1.165) is 36.2 Å². The maximum absolute atomic E-state index is 13.2. The number of carbonyl (C=O) groups excluding carboxylic acids is 2. The highest BCUT2D eigenvalue weighted by Gasteiger charge is 2.37. The van der Waals surface area contributed by atoms with Crippen molar-refractivity contribution in [2.24, 2.45) is 0 Å². The molecule has 0 saturated heterocycles. The molecule has 0 aliphatic carbocycles. The number of hydrogen-bond acceptors (Lipinski definition) is 2. The first-order valence-corrected chi connectivity index (χ1v) is 9.80. The second-order valence-corrected chi connectivity index (χ2v) is 7.25. The standard InChI is InChI=1S/C23H28N2O2/c1-4-5-15-23(27)25(19-11-7-6-8-12-19)22-16-17(2)24(18(3)26)21-14-10-9-13-20(21)22/h6-14,17,22H,4-5,15-16H2,1-3H3/t17-,22-/m0/s1. The Hall–Kier alpha value is -2.62. The number of para-hydroxylation sites is 2. The Morgan fingerprint density at radius 2 is 1.74 bits per heavy atom. The predicted octanol–water partition coefficient (Wildman–Crippen LogP) is 5.10. The normalized spacial score (nSPS) is 18.7. The molecule has 0 radical (unpaired) electrons. The molecule has 3 rings (SSSR count). The van der Waals surface area contributed by atoms with Crippen molar-refractivity contribution in [3.63, 3.8) is 0 Å². The summed E-state index contributed by atoms with van der Waals surface area (Å²) in [5, 5.41) is 0. The lowest BCUT2D eigenvalue weighted by Crippen LogP contribution is -2.47. The third-order valence-electron chi connectivity index (χ3n) is 5.26. The fourth-order valence-corrected chi connectivity index (χ4v) is 4.04. The third-order valence-corrected chi connectivity index (χ3v) is 5.26. The van der Waals surface area contributed by atoms with Crippen LogP contribution in [-0.4, -0.2) is 17.9 Å². The van der Waals surface area contributed by atoms with Gasteiger partial charge in [-0.1, -0.05) is 49.7 Å². The van der Waals surface area contributed by atoms with Gasteiger partial charge in [-0.2, -0.15) is 0 Å². The van der Waals surface area contributed by atoms with Gasteiger partial charge in [0.15, 0.2) is 0 Å². The highest BCUT2D eigenvalue weighted by atomic mass is 16.2. The molecule has 0 unspecified atom stereocenters. The molecular weight excluding hydrogens is 336 g/mol. The van der Waals surface area contributed by atoms with Crippen LogP contribution in [0.1, 0.15) is 58.1 Å². The van der Waals surface area contributed by atoms with E-state index in [2.05, 4.69) is 13.8 Å². The second kappa shape index (κ2) is 8.38. The number of anilines is 2. The fraction of sp³-hybridized carbons (Fsp3) is 0.391. The molecule has 1 aliphatic rings. The molecule has 2 atom stereocenters. The molecule has 142 valence electrons.